The average Bonchev–Trinajstić information content (AvgIpc) is 2.77. The van der Waals surface area contributed by atoms with Crippen molar-refractivity contribution in [3.05, 3.63) is 29.8 Å². The zero-order chi connectivity index (χ0) is 25.5. The molecule has 12 nitrogen and oxygen atoms in total. The van der Waals surface area contributed by atoms with E-state index >= 15 is 0 Å². The van der Waals surface area contributed by atoms with Gasteiger partial charge in [0.1, 0.15) is 6.29 Å². The molecule has 34 heavy (non-hydrogen) atoms. The van der Waals surface area contributed by atoms with Gasteiger partial charge < -0.3 is 30.4 Å². The average molecular weight is 482 g/mol. The standard InChI is InChI=1S/C20H28N4O7.C2H7N/c25-15-16-1-3-17(4-2-16)23-9-7-21(13-18(26)27)5-6-22(14-19(28)29)8-10-24(12-11-23)20(30)31;1-3-2/h1-4,15H,5-14H2,(H,26,27)(H,28,29)(H,30,31);3H,1-2H3. The Bertz CT molecular complexity index is 790. The lowest BCUT2D eigenvalue weighted by Gasteiger charge is -2.33. The van der Waals surface area contributed by atoms with Crippen molar-refractivity contribution in [3.63, 3.8) is 0 Å². The number of carbonyl (C=O) groups excluding carboxylic acids is 1. The first-order valence-corrected chi connectivity index (χ1v) is 10.9. The summed E-state index contributed by atoms with van der Waals surface area (Å²) in [5.41, 5.74) is 1.33. The van der Waals surface area contributed by atoms with Crippen LogP contribution in [0.1, 0.15) is 10.4 Å². The maximum Gasteiger partial charge on any atom is 0.407 e. The van der Waals surface area contributed by atoms with E-state index < -0.39 is 18.0 Å². The van der Waals surface area contributed by atoms with E-state index in [1.807, 2.05) is 19.0 Å². The van der Waals surface area contributed by atoms with Crippen LogP contribution in [0.15, 0.2) is 24.3 Å². The highest BCUT2D eigenvalue weighted by Gasteiger charge is 2.21. The summed E-state index contributed by atoms with van der Waals surface area (Å²) < 4.78 is 0. The molecule has 1 aliphatic rings. The molecular formula is C22H35N5O7. The van der Waals surface area contributed by atoms with Crippen molar-refractivity contribution in [1.82, 2.24) is 20.0 Å². The minimum atomic E-state index is -1.09. The lowest BCUT2D eigenvalue weighted by molar-refractivity contribution is -0.140. The summed E-state index contributed by atoms with van der Waals surface area (Å²) in [6.07, 6.45) is -0.347. The van der Waals surface area contributed by atoms with Gasteiger partial charge in [-0.1, -0.05) is 0 Å². The number of carboxylic acid groups (broad SMARTS) is 3. The number of carbonyl (C=O) groups is 4. The Labute approximate surface area is 199 Å². The molecule has 0 aromatic heterocycles. The summed E-state index contributed by atoms with van der Waals surface area (Å²) in [7, 11) is 3.75. The lowest BCUT2D eigenvalue weighted by atomic mass is 10.2. The second kappa shape index (κ2) is 15.6. The number of rotatable bonds is 6. The van der Waals surface area contributed by atoms with Crippen LogP contribution in [0.3, 0.4) is 0 Å². The van der Waals surface area contributed by atoms with Crippen molar-refractivity contribution in [2.75, 3.05) is 84.4 Å². The number of aldehydes is 1. The van der Waals surface area contributed by atoms with E-state index in [1.165, 1.54) is 4.90 Å². The highest BCUT2D eigenvalue weighted by molar-refractivity contribution is 5.75. The number of amides is 1. The summed E-state index contributed by atoms with van der Waals surface area (Å²) in [5.74, 6) is -2.00. The largest absolute Gasteiger partial charge is 0.480 e. The summed E-state index contributed by atoms with van der Waals surface area (Å²) in [5, 5.41) is 30.7. The Kier molecular flexibility index (Phi) is 13.2. The third-order valence-electron chi connectivity index (χ3n) is 5.13. The van der Waals surface area contributed by atoms with Gasteiger partial charge in [-0.3, -0.25) is 24.2 Å². The van der Waals surface area contributed by atoms with Gasteiger partial charge >= 0.3 is 18.0 Å². The molecule has 0 aliphatic carbocycles. The zero-order valence-corrected chi connectivity index (χ0v) is 19.7. The van der Waals surface area contributed by atoms with Crippen LogP contribution in [0.2, 0.25) is 0 Å². The Morgan fingerprint density at radius 1 is 0.794 bits per heavy atom. The molecule has 2 rings (SSSR count). The highest BCUT2D eigenvalue weighted by atomic mass is 16.4. The maximum absolute atomic E-state index is 11.7. The van der Waals surface area contributed by atoms with E-state index in [0.29, 0.717) is 38.3 Å². The molecule has 0 bridgehead atoms. The van der Waals surface area contributed by atoms with Crippen LogP contribution < -0.4 is 10.2 Å². The van der Waals surface area contributed by atoms with Crippen molar-refractivity contribution in [3.8, 4) is 0 Å². The topological polar surface area (TPSA) is 154 Å². The van der Waals surface area contributed by atoms with Gasteiger partial charge in [0, 0.05) is 63.6 Å². The van der Waals surface area contributed by atoms with E-state index in [2.05, 4.69) is 5.32 Å². The molecule has 1 amide bonds. The van der Waals surface area contributed by atoms with E-state index in [9.17, 15) is 29.4 Å². The van der Waals surface area contributed by atoms with Gasteiger partial charge in [0.2, 0.25) is 0 Å². The molecule has 1 heterocycles. The first kappa shape index (κ1) is 28.8. The zero-order valence-electron chi connectivity index (χ0n) is 19.7. The Balaban J connectivity index is 0.00000182. The molecular weight excluding hydrogens is 446 g/mol. The minimum Gasteiger partial charge on any atom is -0.480 e. The number of anilines is 1. The van der Waals surface area contributed by atoms with Crippen LogP contribution in [-0.2, 0) is 9.59 Å². The summed E-state index contributed by atoms with van der Waals surface area (Å²) in [4.78, 5) is 51.6. The third-order valence-corrected chi connectivity index (χ3v) is 5.13. The Morgan fingerprint density at radius 3 is 1.65 bits per heavy atom. The van der Waals surface area contributed by atoms with Gasteiger partial charge in [-0.15, -0.1) is 0 Å². The number of aliphatic carboxylic acids is 2. The predicted octanol–water partition coefficient (Wildman–Crippen LogP) is -0.0921. The van der Waals surface area contributed by atoms with Gasteiger partial charge in [0.05, 0.1) is 13.1 Å². The first-order chi connectivity index (χ1) is 16.2. The number of carboxylic acids is 2. The van der Waals surface area contributed by atoms with Crippen molar-refractivity contribution in [2.45, 2.75) is 0 Å². The molecule has 1 aliphatic heterocycles. The molecule has 0 radical (unpaired) electrons. The maximum atomic E-state index is 11.7. The Morgan fingerprint density at radius 2 is 1.21 bits per heavy atom. The quantitative estimate of drug-likeness (QED) is 0.403. The van der Waals surface area contributed by atoms with E-state index in [1.54, 1.807) is 34.1 Å². The van der Waals surface area contributed by atoms with Crippen molar-refractivity contribution in [2.24, 2.45) is 0 Å². The van der Waals surface area contributed by atoms with Crippen LogP contribution >= 0.6 is 0 Å². The second-order valence-corrected chi connectivity index (χ2v) is 7.81. The van der Waals surface area contributed by atoms with Crippen LogP contribution in [-0.4, -0.2) is 134 Å². The van der Waals surface area contributed by atoms with Crippen molar-refractivity contribution in [1.29, 1.82) is 0 Å². The molecule has 0 spiro atoms. The lowest BCUT2D eigenvalue weighted by Crippen LogP contribution is -2.48. The SMILES string of the molecule is CNC.O=Cc1ccc(N2CCN(CC(=O)O)CCN(CC(=O)O)CCN(C(=O)O)CC2)cc1. The van der Waals surface area contributed by atoms with Crippen molar-refractivity contribution >= 4 is 30.0 Å². The van der Waals surface area contributed by atoms with Crippen LogP contribution in [0.25, 0.3) is 0 Å². The van der Waals surface area contributed by atoms with Crippen LogP contribution in [0.4, 0.5) is 10.5 Å². The van der Waals surface area contributed by atoms with Gasteiger partial charge in [-0.2, -0.15) is 0 Å². The predicted molar refractivity (Wildman–Crippen MR) is 127 cm³/mol. The van der Waals surface area contributed by atoms with Crippen molar-refractivity contribution < 1.29 is 34.5 Å². The molecule has 1 aromatic rings. The van der Waals surface area contributed by atoms with E-state index in [0.717, 1.165) is 12.0 Å². The van der Waals surface area contributed by atoms with Crippen LogP contribution in [0, 0.1) is 0 Å². The summed E-state index contributed by atoms with van der Waals surface area (Å²) in [6.45, 7) is 2.00. The molecule has 1 saturated heterocycles. The summed E-state index contributed by atoms with van der Waals surface area (Å²) >= 11 is 0. The van der Waals surface area contributed by atoms with Crippen LogP contribution in [0.5, 0.6) is 0 Å². The number of hydrogen-bond donors (Lipinski definition) is 4. The molecule has 12 heteroatoms. The number of nitrogens with one attached hydrogen (secondary N) is 1. The highest BCUT2D eigenvalue weighted by Crippen LogP contribution is 2.15. The van der Waals surface area contributed by atoms with Gasteiger partial charge in [-0.05, 0) is 38.4 Å². The second-order valence-electron chi connectivity index (χ2n) is 7.81. The van der Waals surface area contributed by atoms with E-state index in [4.69, 9.17) is 5.11 Å². The molecule has 0 atom stereocenters. The molecule has 190 valence electrons. The molecule has 1 aromatic carbocycles. The van der Waals surface area contributed by atoms with Gasteiger partial charge in [0.25, 0.3) is 0 Å². The number of benzene rings is 1. The number of nitrogens with zero attached hydrogens (tertiary/aromatic N) is 4. The normalized spacial score (nSPS) is 16.4. The summed E-state index contributed by atoms with van der Waals surface area (Å²) in [6, 6.07) is 6.89. The minimum absolute atomic E-state index is 0.138. The molecule has 0 saturated carbocycles. The van der Waals surface area contributed by atoms with Gasteiger partial charge in [-0.25, -0.2) is 4.79 Å². The monoisotopic (exact) mass is 481 g/mol. The fourth-order valence-electron chi connectivity index (χ4n) is 3.41. The number of hydrogen-bond acceptors (Lipinski definition) is 8. The smallest absolute Gasteiger partial charge is 0.407 e. The third kappa shape index (κ3) is 11.1. The first-order valence-electron chi connectivity index (χ1n) is 10.9. The van der Waals surface area contributed by atoms with Gasteiger partial charge in [0.15, 0.2) is 0 Å². The molecule has 4 N–H and O–H groups in total. The fourth-order valence-corrected chi connectivity index (χ4v) is 3.41. The Hall–Kier alpha value is -3.22. The van der Waals surface area contributed by atoms with E-state index in [-0.39, 0.29) is 32.7 Å². The molecule has 0 unspecified atom stereocenters. The fraction of sp³-hybridized carbons (Fsp3) is 0.545. The molecule has 1 fully saturated rings.